The third kappa shape index (κ3) is 2.81. The number of benzene rings is 1. The van der Waals surface area contributed by atoms with Crippen molar-refractivity contribution in [3.8, 4) is 5.75 Å². The molecule has 1 aromatic rings. The van der Waals surface area contributed by atoms with Crippen LogP contribution in [0.1, 0.15) is 13.3 Å². The van der Waals surface area contributed by atoms with Crippen LogP contribution < -0.4 is 15.4 Å². The molecule has 2 N–H and O–H groups in total. The molecule has 0 aromatic heterocycles. The normalized spacial score (nSPS) is 21.9. The van der Waals surface area contributed by atoms with E-state index in [1.54, 1.807) is 25.1 Å². The molecule has 1 heterocycles. The van der Waals surface area contributed by atoms with Gasteiger partial charge in [-0.3, -0.25) is 9.59 Å². The largest absolute Gasteiger partial charge is 0.495 e. The summed E-state index contributed by atoms with van der Waals surface area (Å²) in [6.45, 7) is 2.08. The summed E-state index contributed by atoms with van der Waals surface area (Å²) in [6, 6.07) is 4.97. The predicted molar refractivity (Wildman–Crippen MR) is 72.4 cm³/mol. The van der Waals surface area contributed by atoms with Crippen molar-refractivity contribution in [3.05, 3.63) is 23.2 Å². The van der Waals surface area contributed by atoms with Gasteiger partial charge in [0.15, 0.2) is 0 Å². The first-order valence-electron chi connectivity index (χ1n) is 5.86. The van der Waals surface area contributed by atoms with E-state index in [1.807, 2.05) is 0 Å². The SMILES string of the molecule is COc1ccc(Cl)cc1NC(=O)C1(C)CNC(=O)C1. The average molecular weight is 283 g/mol. The molecule has 0 aliphatic carbocycles. The molecule has 1 atom stereocenters. The molecule has 0 bridgehead atoms. The van der Waals surface area contributed by atoms with E-state index >= 15 is 0 Å². The average Bonchev–Trinajstić information content (AvgIpc) is 2.71. The van der Waals surface area contributed by atoms with Crippen LogP contribution in [-0.2, 0) is 9.59 Å². The van der Waals surface area contributed by atoms with Crippen molar-refractivity contribution >= 4 is 29.1 Å². The molecule has 102 valence electrons. The highest BCUT2D eigenvalue weighted by Crippen LogP contribution is 2.31. The fraction of sp³-hybridized carbons (Fsp3) is 0.385. The summed E-state index contributed by atoms with van der Waals surface area (Å²) in [6.07, 6.45) is 0.182. The smallest absolute Gasteiger partial charge is 0.232 e. The molecule has 19 heavy (non-hydrogen) atoms. The fourth-order valence-corrected chi connectivity index (χ4v) is 2.16. The van der Waals surface area contributed by atoms with Crippen molar-refractivity contribution in [1.29, 1.82) is 0 Å². The second-order valence-corrected chi connectivity index (χ2v) is 5.25. The Bertz CT molecular complexity index is 533. The number of methoxy groups -OCH3 is 1. The molecule has 2 amide bonds. The Balaban J connectivity index is 2.19. The summed E-state index contributed by atoms with van der Waals surface area (Å²) in [5, 5.41) is 5.93. The lowest BCUT2D eigenvalue weighted by Gasteiger charge is -2.21. The zero-order valence-electron chi connectivity index (χ0n) is 10.7. The van der Waals surface area contributed by atoms with Crippen LogP contribution in [0, 0.1) is 5.41 Å². The molecule has 1 aromatic carbocycles. The van der Waals surface area contributed by atoms with Crippen molar-refractivity contribution in [2.45, 2.75) is 13.3 Å². The minimum absolute atomic E-state index is 0.115. The Labute approximate surface area is 116 Å². The summed E-state index contributed by atoms with van der Waals surface area (Å²) in [5.41, 5.74) is -0.245. The third-order valence-corrected chi connectivity index (χ3v) is 3.42. The molecule has 1 aliphatic heterocycles. The Morgan fingerprint density at radius 1 is 1.53 bits per heavy atom. The lowest BCUT2D eigenvalue weighted by molar-refractivity contribution is -0.126. The lowest BCUT2D eigenvalue weighted by atomic mass is 9.88. The Kier molecular flexibility index (Phi) is 3.66. The van der Waals surface area contributed by atoms with Crippen LogP contribution in [-0.4, -0.2) is 25.5 Å². The van der Waals surface area contributed by atoms with Gasteiger partial charge < -0.3 is 15.4 Å². The summed E-state index contributed by atoms with van der Waals surface area (Å²) in [5.74, 6) is 0.181. The van der Waals surface area contributed by atoms with Crippen LogP contribution in [0.15, 0.2) is 18.2 Å². The van der Waals surface area contributed by atoms with E-state index in [0.717, 1.165) is 0 Å². The maximum Gasteiger partial charge on any atom is 0.232 e. The van der Waals surface area contributed by atoms with E-state index in [9.17, 15) is 9.59 Å². The monoisotopic (exact) mass is 282 g/mol. The van der Waals surface area contributed by atoms with Gasteiger partial charge in [0.25, 0.3) is 0 Å². The molecule has 0 saturated carbocycles. The Morgan fingerprint density at radius 2 is 2.26 bits per heavy atom. The third-order valence-electron chi connectivity index (χ3n) is 3.18. The fourth-order valence-electron chi connectivity index (χ4n) is 1.98. The van der Waals surface area contributed by atoms with Crippen LogP contribution in [0.3, 0.4) is 0 Å². The number of halogens is 1. The molecule has 5 nitrogen and oxygen atoms in total. The molecule has 6 heteroatoms. The molecule has 1 fully saturated rings. The van der Waals surface area contributed by atoms with Crippen molar-refractivity contribution in [2.75, 3.05) is 19.0 Å². The number of carbonyl (C=O) groups excluding carboxylic acids is 2. The first kappa shape index (κ1) is 13.7. The standard InChI is InChI=1S/C13H15ClN2O3/c1-13(6-11(17)15-7-13)12(18)16-9-5-8(14)3-4-10(9)19-2/h3-5H,6-7H2,1-2H3,(H,15,17)(H,16,18). The van der Waals surface area contributed by atoms with E-state index in [0.29, 0.717) is 23.0 Å². The molecule has 1 aliphatic rings. The van der Waals surface area contributed by atoms with Gasteiger partial charge in [0.1, 0.15) is 5.75 Å². The van der Waals surface area contributed by atoms with Gasteiger partial charge in [-0.1, -0.05) is 11.6 Å². The maximum absolute atomic E-state index is 12.3. The quantitative estimate of drug-likeness (QED) is 0.888. The van der Waals surface area contributed by atoms with Gasteiger partial charge in [-0.2, -0.15) is 0 Å². The van der Waals surface area contributed by atoms with Crippen LogP contribution in [0.2, 0.25) is 5.02 Å². The van der Waals surface area contributed by atoms with E-state index in [-0.39, 0.29) is 18.2 Å². The Morgan fingerprint density at radius 3 is 2.84 bits per heavy atom. The van der Waals surface area contributed by atoms with Crippen LogP contribution in [0.25, 0.3) is 0 Å². The number of nitrogens with one attached hydrogen (secondary N) is 2. The van der Waals surface area contributed by atoms with Crippen LogP contribution in [0.5, 0.6) is 5.75 Å². The maximum atomic E-state index is 12.3. The highest BCUT2D eigenvalue weighted by molar-refractivity contribution is 6.31. The van der Waals surface area contributed by atoms with Crippen molar-refractivity contribution in [3.63, 3.8) is 0 Å². The highest BCUT2D eigenvalue weighted by atomic mass is 35.5. The van der Waals surface area contributed by atoms with Crippen molar-refractivity contribution in [1.82, 2.24) is 5.32 Å². The minimum atomic E-state index is -0.746. The molecule has 1 unspecified atom stereocenters. The molecule has 0 radical (unpaired) electrons. The summed E-state index contributed by atoms with van der Waals surface area (Å²) in [7, 11) is 1.52. The molecular weight excluding hydrogens is 268 g/mol. The first-order chi connectivity index (χ1) is 8.94. The molecule has 0 spiro atoms. The summed E-state index contributed by atoms with van der Waals surface area (Å²) in [4.78, 5) is 23.5. The predicted octanol–water partition coefficient (Wildman–Crippen LogP) is 1.81. The van der Waals surface area contributed by atoms with Gasteiger partial charge in [-0.25, -0.2) is 0 Å². The minimum Gasteiger partial charge on any atom is -0.495 e. The first-order valence-corrected chi connectivity index (χ1v) is 6.24. The number of ether oxygens (including phenoxy) is 1. The van der Waals surface area contributed by atoms with Gasteiger partial charge in [0, 0.05) is 18.0 Å². The molecule has 2 rings (SSSR count). The topological polar surface area (TPSA) is 67.4 Å². The second-order valence-electron chi connectivity index (χ2n) is 4.81. The van der Waals surface area contributed by atoms with Gasteiger partial charge in [-0.05, 0) is 25.1 Å². The van der Waals surface area contributed by atoms with Crippen LogP contribution in [0.4, 0.5) is 5.69 Å². The second kappa shape index (κ2) is 5.09. The van der Waals surface area contributed by atoms with E-state index < -0.39 is 5.41 Å². The number of carbonyl (C=O) groups is 2. The number of amides is 2. The number of hydrogen-bond donors (Lipinski definition) is 2. The zero-order valence-corrected chi connectivity index (χ0v) is 11.5. The van der Waals surface area contributed by atoms with Gasteiger partial charge in [-0.15, -0.1) is 0 Å². The van der Waals surface area contributed by atoms with Crippen molar-refractivity contribution < 1.29 is 14.3 Å². The van der Waals surface area contributed by atoms with E-state index in [4.69, 9.17) is 16.3 Å². The summed E-state index contributed by atoms with van der Waals surface area (Å²) >= 11 is 5.90. The van der Waals surface area contributed by atoms with E-state index in [2.05, 4.69) is 10.6 Å². The molecule has 1 saturated heterocycles. The van der Waals surface area contributed by atoms with Gasteiger partial charge in [0.2, 0.25) is 11.8 Å². The van der Waals surface area contributed by atoms with Gasteiger partial charge >= 0.3 is 0 Å². The van der Waals surface area contributed by atoms with Gasteiger partial charge in [0.05, 0.1) is 18.2 Å². The van der Waals surface area contributed by atoms with E-state index in [1.165, 1.54) is 7.11 Å². The summed E-state index contributed by atoms with van der Waals surface area (Å²) < 4.78 is 5.16. The van der Waals surface area contributed by atoms with Crippen molar-refractivity contribution in [2.24, 2.45) is 5.41 Å². The lowest BCUT2D eigenvalue weighted by Crippen LogP contribution is -2.35. The number of rotatable bonds is 3. The zero-order chi connectivity index (χ0) is 14.0. The number of hydrogen-bond acceptors (Lipinski definition) is 3. The highest BCUT2D eigenvalue weighted by Gasteiger charge is 2.40. The number of anilines is 1. The van der Waals surface area contributed by atoms with Crippen LogP contribution >= 0.6 is 11.6 Å². The molecular formula is C13H15ClN2O3. The Hall–Kier alpha value is -1.75.